The Hall–Kier alpha value is -0.590. The van der Waals surface area contributed by atoms with Gasteiger partial charge in [-0.25, -0.2) is 0 Å². The van der Waals surface area contributed by atoms with Crippen LogP contribution in [0.4, 0.5) is 0 Å². The average molecular weight is 208 g/mol. The number of hydrogen-bond acceptors (Lipinski definition) is 1. The minimum Gasteiger partial charge on any atom is -0.303 e. The van der Waals surface area contributed by atoms with Crippen molar-refractivity contribution >= 4 is 6.29 Å². The molecule has 86 valence electrons. The van der Waals surface area contributed by atoms with E-state index in [1.54, 1.807) is 0 Å². The quantitative estimate of drug-likeness (QED) is 0.506. The Balaban J connectivity index is 2.59. The van der Waals surface area contributed by atoms with E-state index in [9.17, 15) is 4.79 Å². The van der Waals surface area contributed by atoms with Crippen molar-refractivity contribution in [1.82, 2.24) is 0 Å². The molecule has 2 atom stereocenters. The van der Waals surface area contributed by atoms with Crippen LogP contribution >= 0.6 is 0 Å². The van der Waals surface area contributed by atoms with Crippen molar-refractivity contribution in [3.05, 3.63) is 11.6 Å². The van der Waals surface area contributed by atoms with Crippen molar-refractivity contribution in [1.29, 1.82) is 0 Å². The largest absolute Gasteiger partial charge is 0.303 e. The third kappa shape index (κ3) is 3.48. The third-order valence-electron chi connectivity index (χ3n) is 3.71. The second kappa shape index (κ2) is 4.96. The molecule has 0 fully saturated rings. The summed E-state index contributed by atoms with van der Waals surface area (Å²) in [6.07, 6.45) is 7.56. The Kier molecular flexibility index (Phi) is 4.12. The molecule has 0 aromatic carbocycles. The predicted molar refractivity (Wildman–Crippen MR) is 64.7 cm³/mol. The number of carbonyl (C=O) groups is 1. The van der Waals surface area contributed by atoms with Crippen molar-refractivity contribution in [2.75, 3.05) is 0 Å². The lowest BCUT2D eigenvalue weighted by Gasteiger charge is -2.36. The molecule has 15 heavy (non-hydrogen) atoms. The Labute approximate surface area is 93.9 Å². The van der Waals surface area contributed by atoms with Gasteiger partial charge in [-0.05, 0) is 36.5 Å². The van der Waals surface area contributed by atoms with Gasteiger partial charge in [0.25, 0.3) is 0 Å². The average Bonchev–Trinajstić information content (AvgIpc) is 2.14. The van der Waals surface area contributed by atoms with Gasteiger partial charge in [0.1, 0.15) is 6.29 Å². The third-order valence-corrected chi connectivity index (χ3v) is 3.71. The van der Waals surface area contributed by atoms with Crippen LogP contribution in [0.1, 0.15) is 53.4 Å². The Morgan fingerprint density at radius 2 is 2.13 bits per heavy atom. The van der Waals surface area contributed by atoms with Gasteiger partial charge < -0.3 is 4.79 Å². The van der Waals surface area contributed by atoms with Gasteiger partial charge in [-0.2, -0.15) is 0 Å². The summed E-state index contributed by atoms with van der Waals surface area (Å²) in [7, 11) is 0. The molecular formula is C14H24O. The van der Waals surface area contributed by atoms with E-state index in [2.05, 4.69) is 33.8 Å². The maximum atomic E-state index is 10.4. The second-order valence-electron chi connectivity index (χ2n) is 5.92. The Bertz CT molecular complexity index is 245. The topological polar surface area (TPSA) is 17.1 Å². The smallest absolute Gasteiger partial charge is 0.120 e. The van der Waals surface area contributed by atoms with Crippen LogP contribution in [0.5, 0.6) is 0 Å². The van der Waals surface area contributed by atoms with E-state index in [0.29, 0.717) is 17.8 Å². The van der Waals surface area contributed by atoms with Crippen LogP contribution in [-0.2, 0) is 4.79 Å². The van der Waals surface area contributed by atoms with Crippen LogP contribution in [0.25, 0.3) is 0 Å². The molecule has 0 bridgehead atoms. The summed E-state index contributed by atoms with van der Waals surface area (Å²) in [4.78, 5) is 10.4. The standard InChI is InChI=1S/C14H24O/c1-11-10-13(14(2,3)4)8-7-12(11)6-5-9-15/h7,9,11,13H,5-6,8,10H2,1-4H3. The van der Waals surface area contributed by atoms with Crippen LogP contribution < -0.4 is 0 Å². The maximum absolute atomic E-state index is 10.4. The zero-order valence-electron chi connectivity index (χ0n) is 10.5. The summed E-state index contributed by atoms with van der Waals surface area (Å²) in [6.45, 7) is 9.28. The van der Waals surface area contributed by atoms with Crippen molar-refractivity contribution in [3.8, 4) is 0 Å². The molecule has 0 N–H and O–H groups in total. The van der Waals surface area contributed by atoms with E-state index < -0.39 is 0 Å². The molecule has 1 nitrogen and oxygen atoms in total. The number of allylic oxidation sites excluding steroid dienone is 2. The summed E-state index contributed by atoms with van der Waals surface area (Å²) in [5, 5.41) is 0. The SMILES string of the molecule is CC1CC(C(C)(C)C)CC=C1CCC=O. The molecule has 2 unspecified atom stereocenters. The van der Waals surface area contributed by atoms with Crippen molar-refractivity contribution in [2.24, 2.45) is 17.3 Å². The fraction of sp³-hybridized carbons (Fsp3) is 0.786. The van der Waals surface area contributed by atoms with Gasteiger partial charge in [-0.1, -0.05) is 39.3 Å². The van der Waals surface area contributed by atoms with Crippen LogP contribution in [0.15, 0.2) is 11.6 Å². The predicted octanol–water partition coefficient (Wildman–Crippen LogP) is 3.98. The molecule has 0 aromatic heterocycles. The minimum absolute atomic E-state index is 0.418. The fourth-order valence-electron chi connectivity index (χ4n) is 2.45. The zero-order valence-corrected chi connectivity index (χ0v) is 10.5. The lowest BCUT2D eigenvalue weighted by molar-refractivity contribution is -0.107. The van der Waals surface area contributed by atoms with E-state index in [1.807, 2.05) is 0 Å². The van der Waals surface area contributed by atoms with Crippen LogP contribution in [0.3, 0.4) is 0 Å². The summed E-state index contributed by atoms with van der Waals surface area (Å²) in [6, 6.07) is 0. The monoisotopic (exact) mass is 208 g/mol. The molecule has 0 aliphatic heterocycles. The molecule has 0 saturated carbocycles. The van der Waals surface area contributed by atoms with E-state index >= 15 is 0 Å². The van der Waals surface area contributed by atoms with Crippen molar-refractivity contribution < 1.29 is 4.79 Å². The maximum Gasteiger partial charge on any atom is 0.120 e. The van der Waals surface area contributed by atoms with Gasteiger partial charge in [0.05, 0.1) is 0 Å². The summed E-state index contributed by atoms with van der Waals surface area (Å²) >= 11 is 0. The molecule has 0 saturated heterocycles. The summed E-state index contributed by atoms with van der Waals surface area (Å²) in [5.41, 5.74) is 1.92. The first-order valence-electron chi connectivity index (χ1n) is 6.07. The molecular weight excluding hydrogens is 184 g/mol. The first-order chi connectivity index (χ1) is 6.95. The van der Waals surface area contributed by atoms with E-state index in [-0.39, 0.29) is 0 Å². The lowest BCUT2D eigenvalue weighted by atomic mass is 9.69. The highest BCUT2D eigenvalue weighted by atomic mass is 16.1. The van der Waals surface area contributed by atoms with Gasteiger partial charge in [-0.3, -0.25) is 0 Å². The minimum atomic E-state index is 0.418. The Morgan fingerprint density at radius 1 is 1.47 bits per heavy atom. The van der Waals surface area contributed by atoms with Crippen molar-refractivity contribution in [3.63, 3.8) is 0 Å². The molecule has 0 radical (unpaired) electrons. The first kappa shape index (κ1) is 12.5. The molecule has 1 aliphatic carbocycles. The van der Waals surface area contributed by atoms with Crippen LogP contribution in [-0.4, -0.2) is 6.29 Å². The molecule has 1 heteroatoms. The van der Waals surface area contributed by atoms with Crippen LogP contribution in [0, 0.1) is 17.3 Å². The van der Waals surface area contributed by atoms with Gasteiger partial charge in [0.15, 0.2) is 0 Å². The normalized spacial score (nSPS) is 27.3. The van der Waals surface area contributed by atoms with E-state index in [4.69, 9.17) is 0 Å². The Morgan fingerprint density at radius 3 is 2.60 bits per heavy atom. The molecule has 1 aliphatic rings. The number of hydrogen-bond donors (Lipinski definition) is 0. The molecule has 0 aromatic rings. The number of rotatable bonds is 3. The summed E-state index contributed by atoms with van der Waals surface area (Å²) < 4.78 is 0. The number of carbonyl (C=O) groups excluding carboxylic acids is 1. The molecule has 1 rings (SSSR count). The summed E-state index contributed by atoms with van der Waals surface area (Å²) in [5.74, 6) is 1.47. The van der Waals surface area contributed by atoms with Gasteiger partial charge >= 0.3 is 0 Å². The molecule has 0 spiro atoms. The van der Waals surface area contributed by atoms with Crippen LogP contribution in [0.2, 0.25) is 0 Å². The highest BCUT2D eigenvalue weighted by Gasteiger charge is 2.29. The van der Waals surface area contributed by atoms with Gasteiger partial charge in [0, 0.05) is 6.42 Å². The van der Waals surface area contributed by atoms with E-state index in [0.717, 1.165) is 18.6 Å². The fourth-order valence-corrected chi connectivity index (χ4v) is 2.45. The lowest BCUT2D eigenvalue weighted by Crippen LogP contribution is -2.25. The van der Waals surface area contributed by atoms with E-state index in [1.165, 1.54) is 18.4 Å². The van der Waals surface area contributed by atoms with Crippen molar-refractivity contribution in [2.45, 2.75) is 53.4 Å². The molecule has 0 heterocycles. The van der Waals surface area contributed by atoms with Gasteiger partial charge in [0.2, 0.25) is 0 Å². The first-order valence-corrected chi connectivity index (χ1v) is 6.07. The highest BCUT2D eigenvalue weighted by Crippen LogP contribution is 2.40. The highest BCUT2D eigenvalue weighted by molar-refractivity contribution is 5.50. The second-order valence-corrected chi connectivity index (χ2v) is 5.92. The van der Waals surface area contributed by atoms with Gasteiger partial charge in [-0.15, -0.1) is 0 Å². The molecule has 0 amide bonds. The number of aldehydes is 1. The zero-order chi connectivity index (χ0) is 11.5.